The number of Topliss-reactive ketones (excluding diaryl/α,β-unsaturated/α-hetero) is 2. The second-order valence-electron chi connectivity index (χ2n) is 13.0. The van der Waals surface area contributed by atoms with Gasteiger partial charge in [0.2, 0.25) is 11.8 Å². The van der Waals surface area contributed by atoms with Crippen molar-refractivity contribution in [1.29, 1.82) is 0 Å². The molecule has 0 radical (unpaired) electrons. The highest BCUT2D eigenvalue weighted by Crippen LogP contribution is 2.26. The van der Waals surface area contributed by atoms with E-state index in [-0.39, 0.29) is 66.9 Å². The summed E-state index contributed by atoms with van der Waals surface area (Å²) in [6.45, 7) is 11.3. The van der Waals surface area contributed by atoms with Crippen molar-refractivity contribution in [3.8, 4) is 11.8 Å². The third-order valence-electron chi connectivity index (χ3n) is 8.20. The van der Waals surface area contributed by atoms with Crippen molar-refractivity contribution in [2.75, 3.05) is 57.8 Å². The summed E-state index contributed by atoms with van der Waals surface area (Å²) in [6.07, 6.45) is 1.77. The lowest BCUT2D eigenvalue weighted by Gasteiger charge is -2.26. The topological polar surface area (TPSA) is 120 Å². The van der Waals surface area contributed by atoms with Gasteiger partial charge in [0.15, 0.2) is 0 Å². The Balaban J connectivity index is 1.16. The number of rotatable bonds is 24. The molecule has 1 atom stereocenters. The van der Waals surface area contributed by atoms with Crippen LogP contribution in [0.4, 0.5) is 5.69 Å². The van der Waals surface area contributed by atoms with Gasteiger partial charge in [0.05, 0.1) is 58.5 Å². The number of fused-ring (bicyclic) bond motifs is 2. The number of para-hydroxylation sites is 1. The number of carbonyl (C=O) groups is 4. The van der Waals surface area contributed by atoms with Crippen molar-refractivity contribution in [1.82, 2.24) is 5.32 Å². The first-order valence-corrected chi connectivity index (χ1v) is 17.8. The van der Waals surface area contributed by atoms with Crippen LogP contribution in [0.25, 0.3) is 0 Å². The minimum atomic E-state index is -0.327. The zero-order chi connectivity index (χ0) is 36.1. The summed E-state index contributed by atoms with van der Waals surface area (Å²) < 4.78 is 22.1. The van der Waals surface area contributed by atoms with E-state index >= 15 is 0 Å². The molecule has 0 unspecified atom stereocenters. The first-order chi connectivity index (χ1) is 24.2. The molecule has 1 aliphatic heterocycles. The Morgan fingerprint density at radius 3 is 1.92 bits per heavy atom. The molecule has 0 fully saturated rings. The smallest absolute Gasteiger partial charge is 0.227 e. The molecule has 0 saturated heterocycles. The molecule has 3 rings (SSSR count). The van der Waals surface area contributed by atoms with Crippen LogP contribution >= 0.6 is 0 Å². The molecule has 0 spiro atoms. The molecule has 1 aliphatic rings. The molecule has 2 aromatic carbocycles. The molecular formula is C40H54N2O8. The number of benzene rings is 2. The minimum Gasteiger partial charge on any atom is -0.379 e. The lowest BCUT2D eigenvalue weighted by molar-refractivity contribution is -0.131. The minimum absolute atomic E-state index is 0.0197. The highest BCUT2D eigenvalue weighted by molar-refractivity contribution is 5.97. The van der Waals surface area contributed by atoms with Crippen molar-refractivity contribution in [3.63, 3.8) is 0 Å². The standard InChI is InChI=1S/C40H54N2O8/c1-30(2)37(40(46)41-31(3)4)28-36(44)19-21-48-23-25-50-27-26-49-24-22-47-20-9-13-35(43)17-18-39(45)42-29-34-12-6-5-10-32(34)15-16-33-11-7-8-14-38(33)42/h5-8,10-12,14,30-31,37H,9,13,17-29H2,1-4H3,(H,41,46)/t37-/m0/s1. The number of hydrogen-bond donors (Lipinski definition) is 1. The molecule has 0 aromatic heterocycles. The maximum absolute atomic E-state index is 13.3. The Morgan fingerprint density at radius 2 is 1.26 bits per heavy atom. The van der Waals surface area contributed by atoms with Crippen molar-refractivity contribution < 1.29 is 38.1 Å². The van der Waals surface area contributed by atoms with Crippen molar-refractivity contribution in [3.05, 3.63) is 65.2 Å². The summed E-state index contributed by atoms with van der Waals surface area (Å²) in [5.74, 6) is 6.06. The second kappa shape index (κ2) is 22.8. The van der Waals surface area contributed by atoms with Crippen LogP contribution in [-0.2, 0) is 44.7 Å². The van der Waals surface area contributed by atoms with Gasteiger partial charge in [-0.2, -0.15) is 0 Å². The summed E-state index contributed by atoms with van der Waals surface area (Å²) in [4.78, 5) is 52.2. The average Bonchev–Trinajstić information content (AvgIpc) is 3.08. The number of nitrogens with zero attached hydrogens (tertiary/aromatic N) is 1. The molecule has 10 heteroatoms. The Hall–Kier alpha value is -3.88. The van der Waals surface area contributed by atoms with Gasteiger partial charge in [-0.15, -0.1) is 0 Å². The lowest BCUT2D eigenvalue weighted by Crippen LogP contribution is -2.38. The van der Waals surface area contributed by atoms with Crippen LogP contribution in [0, 0.1) is 23.7 Å². The van der Waals surface area contributed by atoms with Crippen LogP contribution in [0.3, 0.4) is 0 Å². The molecule has 0 bridgehead atoms. The molecule has 10 nitrogen and oxygen atoms in total. The number of carbonyl (C=O) groups excluding carboxylic acids is 4. The molecular weight excluding hydrogens is 636 g/mol. The molecule has 2 amide bonds. The number of anilines is 1. The van der Waals surface area contributed by atoms with E-state index in [4.69, 9.17) is 18.9 Å². The van der Waals surface area contributed by atoms with E-state index in [1.54, 1.807) is 4.90 Å². The van der Waals surface area contributed by atoms with Crippen molar-refractivity contribution >= 4 is 29.1 Å². The van der Waals surface area contributed by atoms with Crippen LogP contribution in [0.15, 0.2) is 48.5 Å². The number of hydrogen-bond acceptors (Lipinski definition) is 8. The molecule has 272 valence electrons. The van der Waals surface area contributed by atoms with E-state index in [2.05, 4.69) is 17.2 Å². The van der Waals surface area contributed by atoms with Gasteiger partial charge >= 0.3 is 0 Å². The van der Waals surface area contributed by atoms with Gasteiger partial charge in [-0.3, -0.25) is 19.2 Å². The van der Waals surface area contributed by atoms with Gasteiger partial charge in [-0.1, -0.05) is 56.0 Å². The van der Waals surface area contributed by atoms with Gasteiger partial charge in [-0.25, -0.2) is 0 Å². The van der Waals surface area contributed by atoms with Gasteiger partial charge in [0, 0.05) is 61.8 Å². The fourth-order valence-electron chi connectivity index (χ4n) is 5.40. The predicted molar refractivity (Wildman–Crippen MR) is 193 cm³/mol. The Kier molecular flexibility index (Phi) is 18.5. The maximum atomic E-state index is 13.3. The first kappa shape index (κ1) is 40.5. The Bertz CT molecular complexity index is 1440. The first-order valence-electron chi connectivity index (χ1n) is 17.8. The van der Waals surface area contributed by atoms with Gasteiger partial charge < -0.3 is 29.2 Å². The highest BCUT2D eigenvalue weighted by atomic mass is 16.6. The molecule has 0 aliphatic carbocycles. The third kappa shape index (κ3) is 14.9. The quantitative estimate of drug-likeness (QED) is 0.117. The molecule has 1 heterocycles. The average molecular weight is 691 g/mol. The zero-order valence-electron chi connectivity index (χ0n) is 30.2. The summed E-state index contributed by atoms with van der Waals surface area (Å²) in [5.41, 5.74) is 3.45. The lowest BCUT2D eigenvalue weighted by atomic mass is 9.89. The van der Waals surface area contributed by atoms with E-state index in [1.165, 1.54) is 0 Å². The largest absolute Gasteiger partial charge is 0.379 e. The number of ether oxygens (including phenoxy) is 4. The van der Waals surface area contributed by atoms with Crippen LogP contribution < -0.4 is 10.2 Å². The maximum Gasteiger partial charge on any atom is 0.227 e. The van der Waals surface area contributed by atoms with Crippen LogP contribution in [-0.4, -0.2) is 82.3 Å². The highest BCUT2D eigenvalue weighted by Gasteiger charge is 2.25. The summed E-state index contributed by atoms with van der Waals surface area (Å²) in [7, 11) is 0. The van der Waals surface area contributed by atoms with Gasteiger partial charge in [0.25, 0.3) is 0 Å². The fraction of sp³-hybridized carbons (Fsp3) is 0.550. The van der Waals surface area contributed by atoms with Crippen LogP contribution in [0.2, 0.25) is 0 Å². The molecule has 1 N–H and O–H groups in total. The Morgan fingerprint density at radius 1 is 0.680 bits per heavy atom. The van der Waals surface area contributed by atoms with E-state index < -0.39 is 0 Å². The second-order valence-corrected chi connectivity index (χ2v) is 13.0. The van der Waals surface area contributed by atoms with Gasteiger partial charge in [-0.05, 0) is 49.9 Å². The fourth-order valence-corrected chi connectivity index (χ4v) is 5.40. The van der Waals surface area contributed by atoms with E-state index in [0.29, 0.717) is 72.2 Å². The number of nitrogens with one attached hydrogen (secondary N) is 1. The van der Waals surface area contributed by atoms with Crippen LogP contribution in [0.1, 0.15) is 82.9 Å². The monoisotopic (exact) mass is 690 g/mol. The van der Waals surface area contributed by atoms with E-state index in [1.807, 2.05) is 76.2 Å². The number of ketones is 2. The molecule has 50 heavy (non-hydrogen) atoms. The van der Waals surface area contributed by atoms with Crippen molar-refractivity contribution in [2.24, 2.45) is 11.8 Å². The molecule has 2 aromatic rings. The SMILES string of the molecule is CC(C)NC(=O)[C@@H](CC(=O)CCOCCOCCOCCOCCCC(=O)CCC(=O)N1Cc2ccccc2C#Cc2ccccc21)C(C)C. The summed E-state index contributed by atoms with van der Waals surface area (Å²) in [5, 5.41) is 2.89. The predicted octanol–water partition coefficient (Wildman–Crippen LogP) is 5.28. The Labute approximate surface area is 297 Å². The van der Waals surface area contributed by atoms with Crippen LogP contribution in [0.5, 0.6) is 0 Å². The summed E-state index contributed by atoms with van der Waals surface area (Å²) in [6, 6.07) is 15.5. The third-order valence-corrected chi connectivity index (χ3v) is 8.20. The molecule has 0 saturated carbocycles. The van der Waals surface area contributed by atoms with E-state index in [9.17, 15) is 19.2 Å². The normalized spacial score (nSPS) is 12.7. The van der Waals surface area contributed by atoms with E-state index in [0.717, 1.165) is 22.4 Å². The van der Waals surface area contributed by atoms with Crippen molar-refractivity contribution in [2.45, 2.75) is 78.8 Å². The summed E-state index contributed by atoms with van der Waals surface area (Å²) >= 11 is 0. The number of amides is 2. The van der Waals surface area contributed by atoms with Gasteiger partial charge in [0.1, 0.15) is 11.6 Å². The zero-order valence-corrected chi connectivity index (χ0v) is 30.2.